The van der Waals surface area contributed by atoms with Crippen LogP contribution < -0.4 is 31.5 Å². The average Bonchev–Trinajstić information content (AvgIpc) is 0.842. The van der Waals surface area contributed by atoms with Crippen molar-refractivity contribution in [2.45, 2.75) is 103 Å². The zero-order valence-electron chi connectivity index (χ0n) is 49.0. The molecule has 0 bridgehead atoms. The summed E-state index contributed by atoms with van der Waals surface area (Å²) in [7, 11) is -6.08. The van der Waals surface area contributed by atoms with Crippen molar-refractivity contribution in [1.82, 2.24) is 16.0 Å². The molecule has 4 aliphatic heterocycles. The molecule has 0 saturated carbocycles. The number of aromatic carboxylic acids is 1. The number of carboxylic acid groups (broad SMARTS) is 3. The lowest BCUT2D eigenvalue weighted by Crippen LogP contribution is -2.42. The summed E-state index contributed by atoms with van der Waals surface area (Å²) in [6.45, 7) is 0.995. The van der Waals surface area contributed by atoms with Crippen molar-refractivity contribution in [3.05, 3.63) is 126 Å². The molecule has 4 atom stereocenters. The monoisotopic (exact) mass is 1410 g/mol. The fourth-order valence-electron chi connectivity index (χ4n) is 9.67. The van der Waals surface area contributed by atoms with Crippen molar-refractivity contribution >= 4 is 136 Å². The van der Waals surface area contributed by atoms with Gasteiger partial charge in [0.15, 0.2) is 31.2 Å². The Balaban J connectivity index is 0.000000325. The highest BCUT2D eigenvalue weighted by Crippen LogP contribution is 2.33. The number of carbonyl (C=O) groups is 8. The number of hydrogen-bond donors (Lipinski definition) is 7. The van der Waals surface area contributed by atoms with Crippen LogP contribution in [0.1, 0.15) is 119 Å². The summed E-state index contributed by atoms with van der Waals surface area (Å²) in [6, 6.07) is 17.2. The second-order valence-corrected chi connectivity index (χ2v) is 28.1. The number of nitrogens with zero attached hydrogens (tertiary/aromatic N) is 4. The number of aliphatic imine (C=N–C) groups is 2. The number of sulfone groups is 2. The van der Waals surface area contributed by atoms with Crippen LogP contribution >= 0.6 is 46.4 Å². The molecular weight excluding hydrogens is 1340 g/mol. The molecule has 8 N–H and O–H groups in total. The summed E-state index contributed by atoms with van der Waals surface area (Å²) in [5.41, 5.74) is 10.5. The van der Waals surface area contributed by atoms with Gasteiger partial charge in [0.2, 0.25) is 0 Å². The number of nitrogens with two attached hydrogens (primary N) is 1. The number of benzene rings is 4. The summed E-state index contributed by atoms with van der Waals surface area (Å²) < 4.78 is 72.6. The molecule has 4 aromatic rings. The smallest absolute Gasteiger partial charge is 0.338 e. The minimum Gasteiger partial charge on any atom is -0.480 e. The summed E-state index contributed by atoms with van der Waals surface area (Å²) in [5.74, 6) is -6.09. The lowest BCUT2D eigenvalue weighted by molar-refractivity contribution is -0.140. The second-order valence-electron chi connectivity index (χ2n) is 21.8. The third kappa shape index (κ3) is 24.9. The first-order valence-electron chi connectivity index (χ1n) is 28.7. The van der Waals surface area contributed by atoms with Gasteiger partial charge in [-0.15, -0.1) is 0 Å². The van der Waals surface area contributed by atoms with E-state index in [0.717, 1.165) is 22.6 Å². The van der Waals surface area contributed by atoms with Crippen molar-refractivity contribution in [2.24, 2.45) is 15.7 Å². The Morgan fingerprint density at radius 3 is 1.31 bits per heavy atom. The number of hydrogen-bond acceptors (Lipinski definition) is 17. The molecule has 0 radical (unpaired) electrons. The molecule has 93 heavy (non-hydrogen) atoms. The molecule has 0 aromatic heterocycles. The number of Topliss-reactive ketones (excluding diaryl/α,β-unsaturated/α-hetero) is 2. The van der Waals surface area contributed by atoms with Crippen LogP contribution in [0.3, 0.4) is 0 Å². The van der Waals surface area contributed by atoms with E-state index >= 15 is 0 Å². The van der Waals surface area contributed by atoms with Gasteiger partial charge in [0.1, 0.15) is 24.4 Å². The van der Waals surface area contributed by atoms with Crippen LogP contribution in [0, 0.1) is 0 Å². The fraction of sp³-hybridized carbons (Fsp3) is 0.452. The molecule has 4 heterocycles. The largest absolute Gasteiger partial charge is 0.480 e. The number of nitrogens with one attached hydrogen (secondary N) is 3. The van der Waals surface area contributed by atoms with Gasteiger partial charge in [-0.3, -0.25) is 38.8 Å². The Kier molecular flexibility index (Phi) is 30.7. The van der Waals surface area contributed by atoms with Gasteiger partial charge in [0.25, 0.3) is 17.7 Å². The van der Waals surface area contributed by atoms with Crippen molar-refractivity contribution in [3.8, 4) is 0 Å². The lowest BCUT2D eigenvalue weighted by atomic mass is 9.99. The Hall–Kier alpha value is -7.14. The number of alkyl halides is 2. The predicted molar refractivity (Wildman–Crippen MR) is 356 cm³/mol. The highest BCUT2D eigenvalue weighted by molar-refractivity contribution is 7.91. The summed E-state index contributed by atoms with van der Waals surface area (Å²) in [4.78, 5) is 108. The first-order chi connectivity index (χ1) is 43.0. The minimum atomic E-state index is -3.11. The van der Waals surface area contributed by atoms with E-state index in [4.69, 9.17) is 62.4 Å². The van der Waals surface area contributed by atoms with Gasteiger partial charge in [-0.2, -0.15) is 0 Å². The highest BCUT2D eigenvalue weighted by Gasteiger charge is 2.29. The number of halogens is 6. The van der Waals surface area contributed by atoms with Crippen LogP contribution in [0.4, 0.5) is 20.2 Å². The Labute approximate surface area is 558 Å². The van der Waals surface area contributed by atoms with Crippen LogP contribution in [0.5, 0.6) is 0 Å². The zero-order chi connectivity index (χ0) is 66.7. The van der Waals surface area contributed by atoms with Crippen molar-refractivity contribution in [2.75, 3.05) is 85.2 Å². The van der Waals surface area contributed by atoms with Gasteiger partial charge in [0, 0.05) is 85.8 Å². The van der Waals surface area contributed by atoms with E-state index in [1.165, 1.54) is 24.3 Å². The first-order valence-corrected chi connectivity index (χ1v) is 33.9. The van der Waals surface area contributed by atoms with E-state index < -0.39 is 79.6 Å². The number of amides is 3. The molecule has 4 aliphatic rings. The quantitative estimate of drug-likeness (QED) is 0.0372. The number of ketones is 2. The van der Waals surface area contributed by atoms with Crippen LogP contribution in [0.2, 0.25) is 20.1 Å². The molecule has 2 fully saturated rings. The Bertz CT molecular complexity index is 3620. The molecule has 23 nitrogen and oxygen atoms in total. The molecule has 8 rings (SSSR count). The Morgan fingerprint density at radius 2 is 0.957 bits per heavy atom. The van der Waals surface area contributed by atoms with E-state index in [0.29, 0.717) is 74.1 Å². The average molecular weight is 1420 g/mol. The normalized spacial score (nSPS) is 17.8. The molecule has 31 heteroatoms. The number of carbonyl (C=O) groups excluding carboxylic acids is 5. The summed E-state index contributed by atoms with van der Waals surface area (Å²) >= 11 is 24.4. The molecule has 2 unspecified atom stereocenters. The lowest BCUT2D eigenvalue weighted by Gasteiger charge is -2.29. The van der Waals surface area contributed by atoms with Gasteiger partial charge < -0.3 is 46.8 Å². The topological polar surface area (TPSA) is 359 Å². The number of rotatable bonds is 23. The predicted octanol–water partition coefficient (Wildman–Crippen LogP) is 7.80. The maximum Gasteiger partial charge on any atom is 0.338 e. The van der Waals surface area contributed by atoms with Crippen molar-refractivity contribution in [3.63, 3.8) is 0 Å². The molecule has 0 aliphatic carbocycles. The van der Waals surface area contributed by atoms with E-state index in [2.05, 4.69) is 25.9 Å². The van der Waals surface area contributed by atoms with Gasteiger partial charge in [-0.25, -0.2) is 35.2 Å². The minimum absolute atomic E-state index is 0. The highest BCUT2D eigenvalue weighted by atomic mass is 35.5. The maximum atomic E-state index is 13.3. The van der Waals surface area contributed by atoms with Crippen LogP contribution in [0.15, 0.2) is 82.8 Å². The SMILES string of the molecule is C.C.N[C@@H](CCC(=O)CNC(=O)c1cccc(CC2=NCC(F)CC2)c1)C(=O)O.O=C(CC[C@H](NC(=O)c1c(Cl)cc(N2CCS(=O)(=O)CC2)cc1Cl)C(=O)O)CNC(=O)c1cccc(CC2=NCC(F)CC2)c1.O=C(O)c1c(Cl)cc(N2CCS(=O)(=O)CC2)cc1Cl. The van der Waals surface area contributed by atoms with E-state index in [9.17, 15) is 69.1 Å². The third-order valence-electron chi connectivity index (χ3n) is 14.9. The Morgan fingerprint density at radius 1 is 0.570 bits per heavy atom. The zero-order valence-corrected chi connectivity index (χ0v) is 53.6. The van der Waals surface area contributed by atoms with E-state index in [1.807, 2.05) is 17.0 Å². The molecular formula is C62H76Cl4F2N8O15S2. The van der Waals surface area contributed by atoms with Crippen LogP contribution in [0.25, 0.3) is 0 Å². The number of aliphatic carboxylic acids is 2. The standard InChI is InChI=1S/C30H33Cl2FN4O7S.C19H24FN3O4.C11H11Cl2NO4S.2CH4/c31-24-14-22(37-8-10-45(43,44)11-9-37)15-25(32)27(24)29(40)36-26(30(41)42)7-6-23(38)17-35-28(39)19-3-1-2-18(12-19)13-21-5-4-20(33)16-34-21;20-14-4-5-15(22-10-14)9-12-2-1-3-13(8-12)18(25)23-11-16(24)6-7-17(21)19(26)27;12-8-5-7(6-9(13)10(8)11(15)16)14-1-3-19(17,18)4-2-14;;/h1-3,12,14-15,20,26H,4-11,13,16-17H2,(H,35,39)(H,36,40)(H,41,42);1-3,8,14,17H,4-7,9-11,21H2,(H,23,25)(H,26,27);5-6H,1-4H2,(H,15,16);2*1H4/t20?,26-;14?,17-;;;/m00.../s1. The second kappa shape index (κ2) is 36.5. The fourth-order valence-corrected chi connectivity index (χ4v) is 13.4. The molecule has 508 valence electrons. The summed E-state index contributed by atoms with van der Waals surface area (Å²) in [6.07, 6.45) is 0.893. The van der Waals surface area contributed by atoms with Crippen LogP contribution in [-0.2, 0) is 51.7 Å². The van der Waals surface area contributed by atoms with E-state index in [-0.39, 0.29) is 146 Å². The van der Waals surface area contributed by atoms with Gasteiger partial charge in [-0.05, 0) is 98.2 Å². The molecule has 0 spiro atoms. The number of carboxylic acids is 3. The maximum absolute atomic E-state index is 13.3. The number of anilines is 2. The van der Waals surface area contributed by atoms with Gasteiger partial charge >= 0.3 is 17.9 Å². The first kappa shape index (κ1) is 78.3. The van der Waals surface area contributed by atoms with Crippen LogP contribution in [-0.4, -0.2) is 191 Å². The molecule has 2 saturated heterocycles. The molecule has 4 aromatic carbocycles. The van der Waals surface area contributed by atoms with Crippen molar-refractivity contribution < 1.29 is 79.3 Å². The van der Waals surface area contributed by atoms with Gasteiger partial charge in [0.05, 0.1) is 80.4 Å². The third-order valence-corrected chi connectivity index (χ3v) is 19.3. The van der Waals surface area contributed by atoms with Gasteiger partial charge in [-0.1, -0.05) is 85.5 Å². The van der Waals surface area contributed by atoms with Crippen molar-refractivity contribution in [1.29, 1.82) is 0 Å². The molecule has 3 amide bonds. The summed E-state index contributed by atoms with van der Waals surface area (Å²) in [5, 5.41) is 34.7. The van der Waals surface area contributed by atoms with E-state index in [1.54, 1.807) is 41.3 Å².